The minimum atomic E-state index is 0.571. The summed E-state index contributed by atoms with van der Waals surface area (Å²) in [5, 5.41) is 9.26. The van der Waals surface area contributed by atoms with Gasteiger partial charge in [0.25, 0.3) is 0 Å². The molecule has 0 spiro atoms. The highest BCUT2D eigenvalue weighted by molar-refractivity contribution is 5.71. The number of pyridine rings is 1. The first-order valence-corrected chi connectivity index (χ1v) is 6.49. The van der Waals surface area contributed by atoms with E-state index in [1.807, 2.05) is 6.07 Å². The molecular weight excluding hydrogens is 234 g/mol. The second kappa shape index (κ2) is 4.74. The molecule has 0 saturated heterocycles. The van der Waals surface area contributed by atoms with Gasteiger partial charge < -0.3 is 4.90 Å². The fourth-order valence-corrected chi connectivity index (χ4v) is 2.72. The molecule has 1 unspecified atom stereocenters. The summed E-state index contributed by atoms with van der Waals surface area (Å²) in [5.74, 6) is 0.571. The lowest BCUT2D eigenvalue weighted by Gasteiger charge is -2.35. The summed E-state index contributed by atoms with van der Waals surface area (Å²) >= 11 is 0. The lowest BCUT2D eigenvalue weighted by molar-refractivity contribution is 0.562. The van der Waals surface area contributed by atoms with Crippen molar-refractivity contribution in [2.75, 3.05) is 11.4 Å². The Kier molecular flexibility index (Phi) is 2.92. The molecule has 1 aliphatic heterocycles. The second-order valence-corrected chi connectivity index (χ2v) is 5.05. The van der Waals surface area contributed by atoms with Gasteiger partial charge >= 0.3 is 0 Å². The van der Waals surface area contributed by atoms with Gasteiger partial charge in [0.05, 0.1) is 17.4 Å². The standard InChI is InChI=1S/C16H15N3/c1-12-8-13-4-2-3-5-15(13)19(11-12)16-10-18-7-6-14(16)9-17/h2-7,10,12H,8,11H2,1H3. The average Bonchev–Trinajstić information content (AvgIpc) is 2.46. The molecule has 3 rings (SSSR count). The maximum atomic E-state index is 9.26. The van der Waals surface area contributed by atoms with Gasteiger partial charge in [0.2, 0.25) is 0 Å². The molecule has 0 aliphatic carbocycles. The third-order valence-corrected chi connectivity index (χ3v) is 3.56. The van der Waals surface area contributed by atoms with Crippen molar-refractivity contribution in [2.45, 2.75) is 13.3 Å². The molecule has 0 amide bonds. The molecule has 0 N–H and O–H groups in total. The number of nitrogens with zero attached hydrogens (tertiary/aromatic N) is 3. The Balaban J connectivity index is 2.13. The molecule has 2 aromatic rings. The van der Waals surface area contributed by atoms with E-state index in [0.717, 1.165) is 18.7 Å². The molecule has 0 fully saturated rings. The summed E-state index contributed by atoms with van der Waals surface area (Å²) in [6, 6.07) is 12.4. The molecule has 0 saturated carbocycles. The average molecular weight is 249 g/mol. The van der Waals surface area contributed by atoms with Crippen molar-refractivity contribution in [3.63, 3.8) is 0 Å². The Morgan fingerprint density at radius 1 is 1.26 bits per heavy atom. The molecule has 2 heterocycles. The summed E-state index contributed by atoms with van der Waals surface area (Å²) in [6.07, 6.45) is 4.55. The topological polar surface area (TPSA) is 39.9 Å². The second-order valence-electron chi connectivity index (χ2n) is 5.05. The molecule has 1 aromatic heterocycles. The van der Waals surface area contributed by atoms with Gasteiger partial charge in [0, 0.05) is 18.4 Å². The van der Waals surface area contributed by atoms with Crippen molar-refractivity contribution >= 4 is 11.4 Å². The normalized spacial score (nSPS) is 17.7. The molecule has 3 nitrogen and oxygen atoms in total. The number of para-hydroxylation sites is 1. The predicted molar refractivity (Wildman–Crippen MR) is 75.3 cm³/mol. The number of benzene rings is 1. The Labute approximate surface area is 113 Å². The van der Waals surface area contributed by atoms with Gasteiger partial charge in [-0.1, -0.05) is 25.1 Å². The van der Waals surface area contributed by atoms with Crippen molar-refractivity contribution in [1.29, 1.82) is 5.26 Å². The number of nitriles is 1. The van der Waals surface area contributed by atoms with E-state index in [2.05, 4.69) is 41.1 Å². The van der Waals surface area contributed by atoms with E-state index in [1.54, 1.807) is 18.5 Å². The number of anilines is 2. The lowest BCUT2D eigenvalue weighted by Crippen LogP contribution is -2.30. The van der Waals surface area contributed by atoms with E-state index in [9.17, 15) is 5.26 Å². The number of hydrogen-bond donors (Lipinski definition) is 0. The van der Waals surface area contributed by atoms with Gasteiger partial charge in [0.15, 0.2) is 0 Å². The fourth-order valence-electron chi connectivity index (χ4n) is 2.72. The van der Waals surface area contributed by atoms with E-state index in [4.69, 9.17) is 0 Å². The van der Waals surface area contributed by atoms with E-state index < -0.39 is 0 Å². The quantitative estimate of drug-likeness (QED) is 0.778. The molecule has 19 heavy (non-hydrogen) atoms. The number of fused-ring (bicyclic) bond motifs is 1. The van der Waals surface area contributed by atoms with Crippen molar-refractivity contribution in [1.82, 2.24) is 4.98 Å². The van der Waals surface area contributed by atoms with Crippen LogP contribution in [-0.2, 0) is 6.42 Å². The Morgan fingerprint density at radius 3 is 2.95 bits per heavy atom. The van der Waals surface area contributed by atoms with Crippen LogP contribution in [0.2, 0.25) is 0 Å². The van der Waals surface area contributed by atoms with Crippen LogP contribution in [0.1, 0.15) is 18.1 Å². The van der Waals surface area contributed by atoms with Crippen LogP contribution in [0.4, 0.5) is 11.4 Å². The zero-order chi connectivity index (χ0) is 13.2. The van der Waals surface area contributed by atoms with Crippen molar-refractivity contribution in [3.05, 3.63) is 53.9 Å². The molecule has 94 valence electrons. The van der Waals surface area contributed by atoms with Crippen LogP contribution in [0.25, 0.3) is 0 Å². The van der Waals surface area contributed by atoms with Crippen LogP contribution in [0.5, 0.6) is 0 Å². The molecule has 0 radical (unpaired) electrons. The van der Waals surface area contributed by atoms with Gasteiger partial charge in [-0.2, -0.15) is 5.26 Å². The van der Waals surface area contributed by atoms with E-state index in [-0.39, 0.29) is 0 Å². The van der Waals surface area contributed by atoms with Crippen LogP contribution in [-0.4, -0.2) is 11.5 Å². The van der Waals surface area contributed by atoms with Crippen molar-refractivity contribution in [2.24, 2.45) is 5.92 Å². The fraction of sp³-hybridized carbons (Fsp3) is 0.250. The lowest BCUT2D eigenvalue weighted by atomic mass is 9.93. The SMILES string of the molecule is CC1Cc2ccccc2N(c2cnccc2C#N)C1. The Bertz CT molecular complexity index is 642. The van der Waals surface area contributed by atoms with Gasteiger partial charge in [-0.3, -0.25) is 4.98 Å². The number of hydrogen-bond acceptors (Lipinski definition) is 3. The third kappa shape index (κ3) is 2.06. The predicted octanol–water partition coefficient (Wildman–Crippen LogP) is 3.28. The minimum absolute atomic E-state index is 0.571. The summed E-state index contributed by atoms with van der Waals surface area (Å²) < 4.78 is 0. The zero-order valence-corrected chi connectivity index (χ0v) is 10.9. The van der Waals surface area contributed by atoms with Crippen LogP contribution < -0.4 is 4.90 Å². The van der Waals surface area contributed by atoms with Crippen LogP contribution in [0.15, 0.2) is 42.7 Å². The van der Waals surface area contributed by atoms with Crippen LogP contribution in [0, 0.1) is 17.2 Å². The van der Waals surface area contributed by atoms with Gasteiger partial charge in [-0.25, -0.2) is 0 Å². The van der Waals surface area contributed by atoms with E-state index in [1.165, 1.54) is 11.3 Å². The largest absolute Gasteiger partial charge is 0.339 e. The maximum absolute atomic E-state index is 9.26. The van der Waals surface area contributed by atoms with Gasteiger partial charge in [-0.15, -0.1) is 0 Å². The zero-order valence-electron chi connectivity index (χ0n) is 10.9. The molecule has 1 aliphatic rings. The van der Waals surface area contributed by atoms with E-state index >= 15 is 0 Å². The molecule has 3 heteroatoms. The highest BCUT2D eigenvalue weighted by atomic mass is 15.2. The first-order chi connectivity index (χ1) is 9.29. The smallest absolute Gasteiger partial charge is 0.101 e. The molecular formula is C16H15N3. The maximum Gasteiger partial charge on any atom is 0.101 e. The van der Waals surface area contributed by atoms with Crippen molar-refractivity contribution < 1.29 is 0 Å². The highest BCUT2D eigenvalue weighted by Gasteiger charge is 2.24. The number of rotatable bonds is 1. The summed E-state index contributed by atoms with van der Waals surface area (Å²) in [5.41, 5.74) is 4.13. The molecule has 1 atom stereocenters. The summed E-state index contributed by atoms with van der Waals surface area (Å²) in [7, 11) is 0. The third-order valence-electron chi connectivity index (χ3n) is 3.56. The van der Waals surface area contributed by atoms with Crippen LogP contribution >= 0.6 is 0 Å². The monoisotopic (exact) mass is 249 g/mol. The van der Waals surface area contributed by atoms with Crippen LogP contribution in [0.3, 0.4) is 0 Å². The summed E-state index contributed by atoms with van der Waals surface area (Å²) in [4.78, 5) is 6.39. The number of aromatic nitrogens is 1. The first kappa shape index (κ1) is 11.7. The molecule has 0 bridgehead atoms. The van der Waals surface area contributed by atoms with Gasteiger partial charge in [-0.05, 0) is 30.0 Å². The minimum Gasteiger partial charge on any atom is -0.339 e. The Morgan fingerprint density at radius 2 is 2.11 bits per heavy atom. The molecule has 1 aromatic carbocycles. The highest BCUT2D eigenvalue weighted by Crippen LogP contribution is 2.36. The van der Waals surface area contributed by atoms with Crippen molar-refractivity contribution in [3.8, 4) is 6.07 Å². The van der Waals surface area contributed by atoms with E-state index in [0.29, 0.717) is 11.5 Å². The Hall–Kier alpha value is -2.34. The first-order valence-electron chi connectivity index (χ1n) is 6.49. The summed E-state index contributed by atoms with van der Waals surface area (Å²) in [6.45, 7) is 3.17. The van der Waals surface area contributed by atoms with Gasteiger partial charge in [0.1, 0.15) is 6.07 Å².